The van der Waals surface area contributed by atoms with Gasteiger partial charge in [0, 0.05) is 18.7 Å². The molecule has 2 aliphatic rings. The van der Waals surface area contributed by atoms with Crippen LogP contribution in [0.15, 0.2) is 18.2 Å². The van der Waals surface area contributed by atoms with Crippen LogP contribution >= 0.6 is 0 Å². The van der Waals surface area contributed by atoms with Crippen LogP contribution in [0.4, 0.5) is 11.4 Å². The predicted molar refractivity (Wildman–Crippen MR) is 74.5 cm³/mol. The van der Waals surface area contributed by atoms with E-state index in [1.165, 1.54) is 30.8 Å². The lowest BCUT2D eigenvalue weighted by atomic mass is 10.2. The molecule has 4 nitrogen and oxygen atoms in total. The van der Waals surface area contributed by atoms with Crippen molar-refractivity contribution >= 4 is 11.4 Å². The summed E-state index contributed by atoms with van der Waals surface area (Å²) in [6.45, 7) is 3.24. The van der Waals surface area contributed by atoms with Crippen molar-refractivity contribution in [1.82, 2.24) is 4.90 Å². The van der Waals surface area contributed by atoms with Gasteiger partial charge in [0.1, 0.15) is 5.75 Å². The second kappa shape index (κ2) is 4.69. The smallest absolute Gasteiger partial charge is 0.121 e. The van der Waals surface area contributed by atoms with Crippen molar-refractivity contribution in [3.63, 3.8) is 0 Å². The number of nitrogens with one attached hydrogen (secondary N) is 1. The van der Waals surface area contributed by atoms with Gasteiger partial charge in [-0.05, 0) is 38.6 Å². The maximum absolute atomic E-state index is 5.31. The van der Waals surface area contributed by atoms with Gasteiger partial charge in [0.25, 0.3) is 0 Å². The van der Waals surface area contributed by atoms with Crippen LogP contribution in [0.2, 0.25) is 0 Å². The molecule has 0 bridgehead atoms. The highest BCUT2D eigenvalue weighted by Crippen LogP contribution is 2.35. The van der Waals surface area contributed by atoms with Crippen LogP contribution in [0.25, 0.3) is 0 Å². The van der Waals surface area contributed by atoms with Crippen LogP contribution in [0.3, 0.4) is 0 Å². The summed E-state index contributed by atoms with van der Waals surface area (Å²) in [6, 6.07) is 6.93. The van der Waals surface area contributed by atoms with Crippen molar-refractivity contribution < 1.29 is 4.74 Å². The van der Waals surface area contributed by atoms with E-state index in [4.69, 9.17) is 4.74 Å². The lowest BCUT2D eigenvalue weighted by Gasteiger charge is -2.26. The topological polar surface area (TPSA) is 27.7 Å². The zero-order chi connectivity index (χ0) is 12.5. The first-order valence-corrected chi connectivity index (χ1v) is 6.65. The van der Waals surface area contributed by atoms with Crippen molar-refractivity contribution in [2.75, 3.05) is 44.1 Å². The monoisotopic (exact) mass is 247 g/mol. The first-order valence-electron chi connectivity index (χ1n) is 6.65. The van der Waals surface area contributed by atoms with Gasteiger partial charge in [-0.2, -0.15) is 0 Å². The van der Waals surface area contributed by atoms with Gasteiger partial charge in [-0.25, -0.2) is 0 Å². The molecule has 98 valence electrons. The number of fused-ring (bicyclic) bond motifs is 1. The van der Waals surface area contributed by atoms with E-state index in [1.807, 2.05) is 6.07 Å². The van der Waals surface area contributed by atoms with Crippen molar-refractivity contribution in [2.45, 2.75) is 18.9 Å². The Kier molecular flexibility index (Phi) is 3.04. The van der Waals surface area contributed by atoms with E-state index in [9.17, 15) is 0 Å². The maximum atomic E-state index is 5.31. The third-order valence-corrected chi connectivity index (χ3v) is 4.11. The number of methoxy groups -OCH3 is 1. The summed E-state index contributed by atoms with van der Waals surface area (Å²) >= 11 is 0. The molecule has 0 amide bonds. The molecule has 0 aromatic heterocycles. The lowest BCUT2D eigenvalue weighted by Crippen LogP contribution is -2.38. The summed E-state index contributed by atoms with van der Waals surface area (Å²) in [5, 5.41) is 3.44. The van der Waals surface area contributed by atoms with Crippen LogP contribution < -0.4 is 15.0 Å². The Morgan fingerprint density at radius 1 is 1.44 bits per heavy atom. The average Bonchev–Trinajstić information content (AvgIpc) is 2.97. The molecular weight excluding hydrogens is 226 g/mol. The lowest BCUT2D eigenvalue weighted by molar-refractivity contribution is 0.313. The van der Waals surface area contributed by atoms with Gasteiger partial charge in [-0.3, -0.25) is 0 Å². The second-order valence-corrected chi connectivity index (χ2v) is 5.22. The Bertz CT molecular complexity index is 435. The third kappa shape index (κ3) is 2.01. The van der Waals surface area contributed by atoms with Crippen molar-refractivity contribution in [1.29, 1.82) is 0 Å². The molecule has 0 unspecified atom stereocenters. The Morgan fingerprint density at radius 2 is 2.33 bits per heavy atom. The molecule has 0 radical (unpaired) electrons. The molecule has 0 spiro atoms. The van der Waals surface area contributed by atoms with E-state index in [1.54, 1.807) is 7.11 Å². The normalized spacial score (nSPS) is 23.0. The summed E-state index contributed by atoms with van der Waals surface area (Å²) in [4.78, 5) is 4.89. The van der Waals surface area contributed by atoms with Crippen molar-refractivity contribution in [3.05, 3.63) is 18.2 Å². The number of ether oxygens (including phenoxy) is 1. The first kappa shape index (κ1) is 11.7. The van der Waals surface area contributed by atoms with Crippen molar-refractivity contribution in [2.24, 2.45) is 0 Å². The standard InChI is InChI=1S/C14H21N3O/c1-16-7-3-4-11(16)9-17-10-15-13-6-5-12(18-2)8-14(13)17/h5-6,8,11,15H,3-4,7,9-10H2,1-2H3/t11-/m1/s1. The van der Waals surface area contributed by atoms with E-state index in [0.29, 0.717) is 6.04 Å². The Labute approximate surface area is 109 Å². The number of hydrogen-bond acceptors (Lipinski definition) is 4. The number of anilines is 2. The molecule has 1 N–H and O–H groups in total. The van der Waals surface area contributed by atoms with Gasteiger partial charge in [0.15, 0.2) is 0 Å². The van der Waals surface area contributed by atoms with Gasteiger partial charge in [-0.1, -0.05) is 0 Å². The second-order valence-electron chi connectivity index (χ2n) is 5.22. The van der Waals surface area contributed by atoms with Crippen LogP contribution in [-0.4, -0.2) is 44.9 Å². The molecule has 1 saturated heterocycles. The van der Waals surface area contributed by atoms with E-state index in [0.717, 1.165) is 19.0 Å². The summed E-state index contributed by atoms with van der Waals surface area (Å²) in [5.74, 6) is 0.933. The molecule has 1 fully saturated rings. The van der Waals surface area contributed by atoms with Gasteiger partial charge < -0.3 is 19.9 Å². The summed E-state index contributed by atoms with van der Waals surface area (Å²) in [7, 11) is 3.95. The van der Waals surface area contributed by atoms with Gasteiger partial charge in [0.05, 0.1) is 25.2 Å². The predicted octanol–water partition coefficient (Wildman–Crippen LogP) is 1.98. The van der Waals surface area contributed by atoms with Gasteiger partial charge in [-0.15, -0.1) is 0 Å². The van der Waals surface area contributed by atoms with E-state index in [-0.39, 0.29) is 0 Å². The fourth-order valence-electron chi connectivity index (χ4n) is 2.94. The molecule has 2 aliphatic heterocycles. The molecular formula is C14H21N3O. The van der Waals surface area contributed by atoms with Crippen LogP contribution in [0.5, 0.6) is 5.75 Å². The number of benzene rings is 1. The molecule has 1 aromatic carbocycles. The molecule has 3 rings (SSSR count). The molecule has 0 saturated carbocycles. The number of hydrogen-bond donors (Lipinski definition) is 1. The van der Waals surface area contributed by atoms with Crippen LogP contribution in [-0.2, 0) is 0 Å². The minimum absolute atomic E-state index is 0.684. The third-order valence-electron chi connectivity index (χ3n) is 4.11. The number of rotatable bonds is 3. The fraction of sp³-hybridized carbons (Fsp3) is 0.571. The van der Waals surface area contributed by atoms with E-state index in [2.05, 4.69) is 34.3 Å². The largest absolute Gasteiger partial charge is 0.497 e. The summed E-state index contributed by atoms with van der Waals surface area (Å²) in [5.41, 5.74) is 2.49. The van der Waals surface area contributed by atoms with E-state index < -0.39 is 0 Å². The highest BCUT2D eigenvalue weighted by molar-refractivity contribution is 5.76. The highest BCUT2D eigenvalue weighted by atomic mass is 16.5. The molecule has 1 aromatic rings. The Hall–Kier alpha value is -1.42. The zero-order valence-electron chi connectivity index (χ0n) is 11.1. The molecule has 18 heavy (non-hydrogen) atoms. The Morgan fingerprint density at radius 3 is 3.06 bits per heavy atom. The molecule has 2 heterocycles. The summed E-state index contributed by atoms with van der Waals surface area (Å²) in [6.07, 6.45) is 2.64. The highest BCUT2D eigenvalue weighted by Gasteiger charge is 2.26. The zero-order valence-corrected chi connectivity index (χ0v) is 11.1. The molecule has 4 heteroatoms. The minimum atomic E-state index is 0.684. The summed E-state index contributed by atoms with van der Waals surface area (Å²) < 4.78 is 5.31. The fourth-order valence-corrected chi connectivity index (χ4v) is 2.94. The first-order chi connectivity index (χ1) is 8.78. The van der Waals surface area contributed by atoms with Crippen LogP contribution in [0, 0.1) is 0 Å². The quantitative estimate of drug-likeness (QED) is 0.884. The maximum Gasteiger partial charge on any atom is 0.121 e. The van der Waals surface area contributed by atoms with E-state index >= 15 is 0 Å². The Balaban J connectivity index is 1.76. The SMILES string of the molecule is COc1ccc2c(c1)N(C[C@H]1CCCN1C)CN2. The molecule has 1 atom stereocenters. The molecule has 0 aliphatic carbocycles. The number of likely N-dealkylation sites (tertiary alicyclic amines) is 1. The number of likely N-dealkylation sites (N-methyl/N-ethyl adjacent to an activating group) is 1. The van der Waals surface area contributed by atoms with Crippen LogP contribution in [0.1, 0.15) is 12.8 Å². The van der Waals surface area contributed by atoms with Gasteiger partial charge in [0.2, 0.25) is 0 Å². The minimum Gasteiger partial charge on any atom is -0.497 e. The number of nitrogens with zero attached hydrogens (tertiary/aromatic N) is 2. The average molecular weight is 247 g/mol. The van der Waals surface area contributed by atoms with Crippen molar-refractivity contribution in [3.8, 4) is 5.75 Å². The van der Waals surface area contributed by atoms with Gasteiger partial charge >= 0.3 is 0 Å².